The molecule has 0 amide bonds. The molecule has 1 fully saturated rings. The summed E-state index contributed by atoms with van der Waals surface area (Å²) in [5.41, 5.74) is 3.72. The third kappa shape index (κ3) is 4.81. The quantitative estimate of drug-likeness (QED) is 0.622. The van der Waals surface area contributed by atoms with E-state index >= 15 is 0 Å². The van der Waals surface area contributed by atoms with Crippen LogP contribution in [0.25, 0.3) is 0 Å². The molecule has 0 unspecified atom stereocenters. The lowest BCUT2D eigenvalue weighted by atomic mass is 9.96. The van der Waals surface area contributed by atoms with Gasteiger partial charge in [0.25, 0.3) is 0 Å². The SMILES string of the molecule is COc1ccc(NC(=S)N2CC[NH+](C(c3ccccc3)c3ccccc3)CC2)cc1. The maximum atomic E-state index is 5.68. The molecule has 0 atom stereocenters. The van der Waals surface area contributed by atoms with Gasteiger partial charge in [0, 0.05) is 16.8 Å². The van der Waals surface area contributed by atoms with Crippen molar-refractivity contribution in [3.63, 3.8) is 0 Å². The summed E-state index contributed by atoms with van der Waals surface area (Å²) in [5, 5.41) is 4.15. The molecule has 1 aliphatic heterocycles. The predicted octanol–water partition coefficient (Wildman–Crippen LogP) is 3.38. The zero-order chi connectivity index (χ0) is 20.8. The fourth-order valence-electron chi connectivity index (χ4n) is 4.12. The van der Waals surface area contributed by atoms with Crippen LogP contribution in [0.1, 0.15) is 17.2 Å². The van der Waals surface area contributed by atoms with Crippen molar-refractivity contribution in [3.05, 3.63) is 96.1 Å². The molecule has 0 spiro atoms. The molecular formula is C25H28N3OS+. The number of hydrogen-bond donors (Lipinski definition) is 2. The molecule has 0 aromatic heterocycles. The smallest absolute Gasteiger partial charge is 0.173 e. The Kier molecular flexibility index (Phi) is 6.62. The maximum Gasteiger partial charge on any atom is 0.173 e. The Bertz CT molecular complexity index is 900. The van der Waals surface area contributed by atoms with E-state index in [1.807, 2.05) is 24.3 Å². The molecule has 0 bridgehead atoms. The first-order valence-corrected chi connectivity index (χ1v) is 10.8. The maximum absolute atomic E-state index is 5.68. The van der Waals surface area contributed by atoms with Gasteiger partial charge in [-0.15, -0.1) is 0 Å². The molecule has 3 aromatic carbocycles. The Morgan fingerprint density at radius 2 is 1.40 bits per heavy atom. The van der Waals surface area contributed by atoms with Crippen LogP contribution in [0.3, 0.4) is 0 Å². The van der Waals surface area contributed by atoms with Crippen molar-refractivity contribution < 1.29 is 9.64 Å². The lowest BCUT2D eigenvalue weighted by molar-refractivity contribution is -0.929. The van der Waals surface area contributed by atoms with Gasteiger partial charge in [0.05, 0.1) is 33.3 Å². The lowest BCUT2D eigenvalue weighted by Crippen LogP contribution is -3.15. The Labute approximate surface area is 184 Å². The highest BCUT2D eigenvalue weighted by molar-refractivity contribution is 7.80. The zero-order valence-corrected chi connectivity index (χ0v) is 18.1. The first-order chi connectivity index (χ1) is 14.7. The predicted molar refractivity (Wildman–Crippen MR) is 126 cm³/mol. The molecule has 1 saturated heterocycles. The Morgan fingerprint density at radius 3 is 1.90 bits per heavy atom. The van der Waals surface area contributed by atoms with Crippen LogP contribution in [-0.2, 0) is 0 Å². The van der Waals surface area contributed by atoms with Crippen molar-refractivity contribution in [2.75, 3.05) is 38.6 Å². The van der Waals surface area contributed by atoms with Crippen LogP contribution in [0.2, 0.25) is 0 Å². The van der Waals surface area contributed by atoms with Gasteiger partial charge in [-0.05, 0) is 36.5 Å². The Hall–Kier alpha value is -2.89. The van der Waals surface area contributed by atoms with Gasteiger partial charge in [-0.1, -0.05) is 60.7 Å². The largest absolute Gasteiger partial charge is 0.497 e. The normalized spacial score (nSPS) is 14.5. The highest BCUT2D eigenvalue weighted by atomic mass is 32.1. The van der Waals surface area contributed by atoms with E-state index in [2.05, 4.69) is 70.9 Å². The molecule has 0 aliphatic carbocycles. The summed E-state index contributed by atoms with van der Waals surface area (Å²) in [6.07, 6.45) is 0. The van der Waals surface area contributed by atoms with Gasteiger partial charge in [0.2, 0.25) is 0 Å². The lowest BCUT2D eigenvalue weighted by Gasteiger charge is -2.38. The second-order valence-electron chi connectivity index (χ2n) is 7.56. The van der Waals surface area contributed by atoms with Crippen molar-refractivity contribution in [3.8, 4) is 5.75 Å². The summed E-state index contributed by atoms with van der Waals surface area (Å²) in [4.78, 5) is 3.85. The molecular weight excluding hydrogens is 390 g/mol. The van der Waals surface area contributed by atoms with Crippen LogP contribution >= 0.6 is 12.2 Å². The second kappa shape index (κ2) is 9.74. The standard InChI is InChI=1S/C25H27N3OS/c1-29-23-14-12-22(13-15-23)26-25(30)28-18-16-27(17-19-28)24(20-8-4-2-5-9-20)21-10-6-3-7-11-21/h2-15,24H,16-19H2,1H3,(H,26,30)/p+1. The van der Waals surface area contributed by atoms with Crippen LogP contribution in [0.4, 0.5) is 5.69 Å². The number of ether oxygens (including phenoxy) is 1. The number of quaternary nitrogens is 1. The average Bonchev–Trinajstić information content (AvgIpc) is 2.81. The molecule has 4 rings (SSSR count). The van der Waals surface area contributed by atoms with Gasteiger partial charge >= 0.3 is 0 Å². The Balaban J connectivity index is 1.42. The van der Waals surface area contributed by atoms with Crippen LogP contribution in [0.15, 0.2) is 84.9 Å². The van der Waals surface area contributed by atoms with Crippen molar-refractivity contribution in [1.29, 1.82) is 0 Å². The number of methoxy groups -OCH3 is 1. The van der Waals surface area contributed by atoms with Crippen LogP contribution in [0, 0.1) is 0 Å². The van der Waals surface area contributed by atoms with Gasteiger partial charge in [-0.3, -0.25) is 0 Å². The molecule has 0 radical (unpaired) electrons. The second-order valence-corrected chi connectivity index (χ2v) is 7.95. The van der Waals surface area contributed by atoms with E-state index in [-0.39, 0.29) is 0 Å². The van der Waals surface area contributed by atoms with E-state index in [1.165, 1.54) is 11.1 Å². The van der Waals surface area contributed by atoms with Crippen LogP contribution in [-0.4, -0.2) is 43.3 Å². The molecule has 1 aliphatic rings. The van der Waals surface area contributed by atoms with Gasteiger partial charge < -0.3 is 19.9 Å². The Morgan fingerprint density at radius 1 is 0.867 bits per heavy atom. The number of hydrogen-bond acceptors (Lipinski definition) is 2. The van der Waals surface area contributed by atoms with Crippen molar-refractivity contribution in [2.45, 2.75) is 6.04 Å². The molecule has 4 nitrogen and oxygen atoms in total. The fraction of sp³-hybridized carbons (Fsp3) is 0.240. The van der Waals surface area contributed by atoms with E-state index in [0.717, 1.165) is 42.7 Å². The fourth-order valence-corrected chi connectivity index (χ4v) is 4.42. The van der Waals surface area contributed by atoms with Gasteiger partial charge in [-0.25, -0.2) is 0 Å². The summed E-state index contributed by atoms with van der Waals surface area (Å²) >= 11 is 5.68. The van der Waals surface area contributed by atoms with Gasteiger partial charge in [0.1, 0.15) is 11.8 Å². The topological polar surface area (TPSA) is 28.9 Å². The van der Waals surface area contributed by atoms with E-state index in [1.54, 1.807) is 12.0 Å². The number of nitrogens with one attached hydrogen (secondary N) is 2. The minimum atomic E-state index is 0.345. The molecule has 2 N–H and O–H groups in total. The van der Waals surface area contributed by atoms with Gasteiger partial charge in [0.15, 0.2) is 5.11 Å². The first-order valence-electron chi connectivity index (χ1n) is 10.4. The van der Waals surface area contributed by atoms with E-state index in [4.69, 9.17) is 17.0 Å². The minimum absolute atomic E-state index is 0.345. The number of anilines is 1. The van der Waals surface area contributed by atoms with Crippen molar-refractivity contribution in [1.82, 2.24) is 4.90 Å². The van der Waals surface area contributed by atoms with Crippen LogP contribution in [0.5, 0.6) is 5.75 Å². The number of rotatable bonds is 5. The molecule has 0 saturated carbocycles. The van der Waals surface area contributed by atoms with Crippen LogP contribution < -0.4 is 15.0 Å². The zero-order valence-electron chi connectivity index (χ0n) is 17.3. The molecule has 5 heteroatoms. The summed E-state index contributed by atoms with van der Waals surface area (Å²) in [7, 11) is 1.67. The van der Waals surface area contributed by atoms with E-state index < -0.39 is 0 Å². The molecule has 1 heterocycles. The minimum Gasteiger partial charge on any atom is -0.497 e. The molecule has 3 aromatic rings. The number of nitrogens with zero attached hydrogens (tertiary/aromatic N) is 1. The monoisotopic (exact) mass is 418 g/mol. The summed E-state index contributed by atoms with van der Waals surface area (Å²) in [6, 6.07) is 29.9. The van der Waals surface area contributed by atoms with Crippen molar-refractivity contribution >= 4 is 23.0 Å². The van der Waals surface area contributed by atoms with E-state index in [9.17, 15) is 0 Å². The van der Waals surface area contributed by atoms with E-state index in [0.29, 0.717) is 6.04 Å². The third-order valence-electron chi connectivity index (χ3n) is 5.71. The average molecular weight is 419 g/mol. The summed E-state index contributed by atoms with van der Waals surface area (Å²) in [5.74, 6) is 0.844. The number of thiocarbonyl (C=S) groups is 1. The molecule has 154 valence electrons. The first kappa shape index (κ1) is 20.4. The molecule has 30 heavy (non-hydrogen) atoms. The number of benzene rings is 3. The highest BCUT2D eigenvalue weighted by Crippen LogP contribution is 2.20. The van der Waals surface area contributed by atoms with Gasteiger partial charge in [-0.2, -0.15) is 0 Å². The third-order valence-corrected chi connectivity index (χ3v) is 6.07. The highest BCUT2D eigenvalue weighted by Gasteiger charge is 2.30. The number of piperazine rings is 1. The summed E-state index contributed by atoms with van der Waals surface area (Å²) in [6.45, 7) is 3.96. The van der Waals surface area contributed by atoms with Crippen molar-refractivity contribution in [2.24, 2.45) is 0 Å². The summed E-state index contributed by atoms with van der Waals surface area (Å²) < 4.78 is 5.22.